The van der Waals surface area contributed by atoms with Crippen molar-refractivity contribution < 1.29 is 13.2 Å². The fourth-order valence-corrected chi connectivity index (χ4v) is 1.60. The maximum absolute atomic E-state index is 13.4. The molecule has 0 aromatic carbocycles. The van der Waals surface area contributed by atoms with Crippen LogP contribution in [-0.2, 0) is 11.8 Å². The van der Waals surface area contributed by atoms with Crippen molar-refractivity contribution in [2.45, 2.75) is 18.2 Å². The van der Waals surface area contributed by atoms with E-state index < -0.39 is 17.9 Å². The van der Waals surface area contributed by atoms with Crippen LogP contribution in [0.25, 0.3) is 0 Å². The number of pyridine rings is 1. The second-order valence-electron chi connectivity index (χ2n) is 2.73. The summed E-state index contributed by atoms with van der Waals surface area (Å²) < 4.78 is 38.0. The number of rotatable bonds is 3. The van der Waals surface area contributed by atoms with E-state index >= 15 is 0 Å². The highest BCUT2D eigenvalue weighted by Crippen LogP contribution is 2.25. The average Bonchev–Trinajstić information content (AvgIpc) is 2.20. The fraction of sp³-hybridized carbons (Fsp3) is 0.333. The van der Waals surface area contributed by atoms with Gasteiger partial charge in [0.25, 0.3) is 6.43 Å². The minimum absolute atomic E-state index is 0.0142. The van der Waals surface area contributed by atoms with E-state index in [1.54, 1.807) is 6.07 Å². The van der Waals surface area contributed by atoms with Crippen molar-refractivity contribution in [3.05, 3.63) is 28.8 Å². The molecule has 0 atom stereocenters. The van der Waals surface area contributed by atoms with Crippen molar-refractivity contribution in [2.75, 3.05) is 0 Å². The Kier molecular flexibility index (Phi) is 4.09. The Bertz CT molecular complexity index is 401. The molecule has 0 spiro atoms. The maximum atomic E-state index is 13.4. The highest BCUT2D eigenvalue weighted by atomic mass is 79.9. The van der Waals surface area contributed by atoms with Gasteiger partial charge in [-0.05, 0) is 5.56 Å². The van der Waals surface area contributed by atoms with Gasteiger partial charge in [-0.15, -0.1) is 0 Å². The first-order valence-electron chi connectivity index (χ1n) is 3.99. The van der Waals surface area contributed by atoms with Crippen molar-refractivity contribution in [3.63, 3.8) is 0 Å². The summed E-state index contributed by atoms with van der Waals surface area (Å²) in [7, 11) is 0. The van der Waals surface area contributed by atoms with E-state index in [1.165, 1.54) is 0 Å². The molecule has 15 heavy (non-hydrogen) atoms. The van der Waals surface area contributed by atoms with E-state index in [9.17, 15) is 13.2 Å². The van der Waals surface area contributed by atoms with Gasteiger partial charge >= 0.3 is 0 Å². The average molecular weight is 279 g/mol. The predicted molar refractivity (Wildman–Crippen MR) is 51.1 cm³/mol. The second kappa shape index (κ2) is 5.12. The Morgan fingerprint density at radius 3 is 2.67 bits per heavy atom. The molecule has 0 aliphatic heterocycles. The fourth-order valence-electron chi connectivity index (χ4n) is 1.12. The molecule has 0 fully saturated rings. The highest BCUT2D eigenvalue weighted by Gasteiger charge is 2.20. The third kappa shape index (κ3) is 2.48. The van der Waals surface area contributed by atoms with E-state index in [0.717, 1.165) is 6.20 Å². The van der Waals surface area contributed by atoms with E-state index in [1.807, 2.05) is 0 Å². The summed E-state index contributed by atoms with van der Waals surface area (Å²) in [6.07, 6.45) is -2.05. The van der Waals surface area contributed by atoms with Crippen molar-refractivity contribution in [1.82, 2.24) is 4.98 Å². The van der Waals surface area contributed by atoms with Crippen molar-refractivity contribution in [3.8, 4) is 6.07 Å². The van der Waals surface area contributed by atoms with E-state index in [-0.39, 0.29) is 17.3 Å². The molecular formula is C9H6BrF3N2. The number of nitriles is 1. The molecule has 1 aromatic rings. The van der Waals surface area contributed by atoms with Crippen LogP contribution in [0.2, 0.25) is 0 Å². The van der Waals surface area contributed by atoms with Gasteiger partial charge in [0.2, 0.25) is 0 Å². The van der Waals surface area contributed by atoms with Crippen LogP contribution in [0, 0.1) is 17.1 Å². The molecule has 0 aliphatic rings. The molecule has 0 radical (unpaired) electrons. The van der Waals surface area contributed by atoms with E-state index in [4.69, 9.17) is 5.26 Å². The lowest BCUT2D eigenvalue weighted by molar-refractivity contribution is 0.140. The number of nitrogens with zero attached hydrogens (tertiary/aromatic N) is 2. The third-order valence-electron chi connectivity index (χ3n) is 1.84. The van der Waals surface area contributed by atoms with Crippen molar-refractivity contribution in [2.24, 2.45) is 0 Å². The molecule has 0 N–H and O–H groups in total. The largest absolute Gasteiger partial charge is 0.283 e. The summed E-state index contributed by atoms with van der Waals surface area (Å²) in [6.45, 7) is 0. The molecule has 0 saturated heterocycles. The van der Waals surface area contributed by atoms with Gasteiger partial charge < -0.3 is 0 Å². The summed E-state index contributed by atoms with van der Waals surface area (Å²) in [6, 6.07) is 1.73. The van der Waals surface area contributed by atoms with E-state index in [2.05, 4.69) is 20.9 Å². The van der Waals surface area contributed by atoms with Gasteiger partial charge in [0, 0.05) is 17.1 Å². The molecule has 1 heterocycles. The summed E-state index contributed by atoms with van der Waals surface area (Å²) in [5.41, 5.74) is -0.497. The SMILES string of the molecule is N#CCc1c(CBr)cnc(C(F)F)c1F. The maximum Gasteiger partial charge on any atom is 0.283 e. The zero-order valence-electron chi connectivity index (χ0n) is 7.48. The van der Waals surface area contributed by atoms with Crippen LogP contribution >= 0.6 is 15.9 Å². The van der Waals surface area contributed by atoms with Gasteiger partial charge in [0.05, 0.1) is 12.5 Å². The van der Waals surface area contributed by atoms with Crippen LogP contribution in [0.15, 0.2) is 6.20 Å². The van der Waals surface area contributed by atoms with Crippen molar-refractivity contribution >= 4 is 15.9 Å². The van der Waals surface area contributed by atoms with Crippen LogP contribution in [0.4, 0.5) is 13.2 Å². The molecular weight excluding hydrogens is 273 g/mol. The number of halogens is 4. The van der Waals surface area contributed by atoms with Crippen LogP contribution in [0.1, 0.15) is 23.2 Å². The van der Waals surface area contributed by atoms with Crippen LogP contribution < -0.4 is 0 Å². The topological polar surface area (TPSA) is 36.7 Å². The lowest BCUT2D eigenvalue weighted by atomic mass is 10.1. The van der Waals surface area contributed by atoms with Crippen molar-refractivity contribution in [1.29, 1.82) is 5.26 Å². The molecule has 0 aliphatic carbocycles. The van der Waals surface area contributed by atoms with Gasteiger partial charge in [0.1, 0.15) is 5.69 Å². The third-order valence-corrected chi connectivity index (χ3v) is 2.45. The van der Waals surface area contributed by atoms with Gasteiger partial charge in [-0.2, -0.15) is 5.26 Å². The van der Waals surface area contributed by atoms with Gasteiger partial charge in [-0.3, -0.25) is 4.98 Å². The number of hydrogen-bond acceptors (Lipinski definition) is 2. The molecule has 1 aromatic heterocycles. The molecule has 6 heteroatoms. The van der Waals surface area contributed by atoms with Gasteiger partial charge in [-0.1, -0.05) is 15.9 Å². The van der Waals surface area contributed by atoms with Gasteiger partial charge in [-0.25, -0.2) is 13.2 Å². The lowest BCUT2D eigenvalue weighted by Crippen LogP contribution is -2.04. The molecule has 2 nitrogen and oxygen atoms in total. The normalized spacial score (nSPS) is 10.4. The van der Waals surface area contributed by atoms with Crippen LogP contribution in [-0.4, -0.2) is 4.98 Å². The Balaban J connectivity index is 3.30. The zero-order chi connectivity index (χ0) is 11.4. The summed E-state index contributed by atoms with van der Waals surface area (Å²) >= 11 is 3.07. The number of aromatic nitrogens is 1. The second-order valence-corrected chi connectivity index (χ2v) is 3.29. The number of hydrogen-bond donors (Lipinski definition) is 0. The quantitative estimate of drug-likeness (QED) is 0.797. The number of alkyl halides is 3. The summed E-state index contributed by atoms with van der Waals surface area (Å²) in [4.78, 5) is 3.33. The summed E-state index contributed by atoms with van der Waals surface area (Å²) in [5.74, 6) is -1.08. The minimum Gasteiger partial charge on any atom is -0.252 e. The monoisotopic (exact) mass is 278 g/mol. The summed E-state index contributed by atoms with van der Waals surface area (Å²) in [5, 5.41) is 8.73. The van der Waals surface area contributed by atoms with Crippen LogP contribution in [0.5, 0.6) is 0 Å². The molecule has 80 valence electrons. The van der Waals surface area contributed by atoms with E-state index in [0.29, 0.717) is 5.56 Å². The zero-order valence-corrected chi connectivity index (χ0v) is 9.06. The Labute approximate surface area is 92.9 Å². The predicted octanol–water partition coefficient (Wildman–Crippen LogP) is 3.12. The Morgan fingerprint density at radius 2 is 2.20 bits per heavy atom. The van der Waals surface area contributed by atoms with Gasteiger partial charge in [0.15, 0.2) is 5.82 Å². The molecule has 0 unspecified atom stereocenters. The first kappa shape index (κ1) is 12.0. The minimum atomic E-state index is -2.97. The first-order chi connectivity index (χ1) is 7.11. The Hall–Kier alpha value is -1.09. The molecule has 0 bridgehead atoms. The standard InChI is InChI=1S/C9H6BrF3N2/c10-3-5-4-15-8(9(12)13)7(11)6(5)1-2-14/h4,9H,1,3H2. The molecule has 0 amide bonds. The lowest BCUT2D eigenvalue weighted by Gasteiger charge is -2.08. The molecule has 0 saturated carbocycles. The smallest absolute Gasteiger partial charge is 0.252 e. The first-order valence-corrected chi connectivity index (χ1v) is 5.11. The highest BCUT2D eigenvalue weighted by molar-refractivity contribution is 9.08. The van der Waals surface area contributed by atoms with Crippen LogP contribution in [0.3, 0.4) is 0 Å². The molecule has 1 rings (SSSR count). The Morgan fingerprint density at radius 1 is 1.53 bits per heavy atom.